The highest BCUT2D eigenvalue weighted by Gasteiger charge is 2.27. The molecule has 0 bridgehead atoms. The van der Waals surface area contributed by atoms with E-state index in [1.165, 1.54) is 31.2 Å². The van der Waals surface area contributed by atoms with Crippen molar-refractivity contribution in [2.24, 2.45) is 5.92 Å². The Balaban J connectivity index is 1.72. The SMILES string of the molecule is CC1CCCN(c2ncc(CNC3CC3)cc2Cl)C1C. The van der Waals surface area contributed by atoms with Gasteiger partial charge >= 0.3 is 0 Å². The van der Waals surface area contributed by atoms with Crippen LogP contribution >= 0.6 is 11.6 Å². The maximum Gasteiger partial charge on any atom is 0.147 e. The van der Waals surface area contributed by atoms with Crippen LogP contribution in [-0.2, 0) is 6.54 Å². The average Bonchev–Trinajstić information content (AvgIpc) is 3.24. The van der Waals surface area contributed by atoms with Crippen LogP contribution in [0.5, 0.6) is 0 Å². The maximum atomic E-state index is 6.47. The van der Waals surface area contributed by atoms with Crippen molar-refractivity contribution >= 4 is 17.4 Å². The number of piperidine rings is 1. The standard InChI is InChI=1S/C16H24ClN3/c1-11-4-3-7-20(12(11)2)16-15(17)8-13(10-19-16)9-18-14-5-6-14/h8,10-12,14,18H,3-7,9H2,1-2H3. The molecule has 1 aliphatic heterocycles. The van der Waals surface area contributed by atoms with Gasteiger partial charge in [-0.15, -0.1) is 0 Å². The van der Waals surface area contributed by atoms with Crippen LogP contribution in [0.2, 0.25) is 5.02 Å². The second kappa shape index (κ2) is 5.90. The first kappa shape index (κ1) is 14.2. The monoisotopic (exact) mass is 293 g/mol. The van der Waals surface area contributed by atoms with Gasteiger partial charge in [-0.25, -0.2) is 4.98 Å². The lowest BCUT2D eigenvalue weighted by atomic mass is 9.92. The van der Waals surface area contributed by atoms with E-state index in [0.29, 0.717) is 12.0 Å². The van der Waals surface area contributed by atoms with E-state index >= 15 is 0 Å². The van der Waals surface area contributed by atoms with Crippen LogP contribution in [0, 0.1) is 5.92 Å². The Hall–Kier alpha value is -0.800. The van der Waals surface area contributed by atoms with Crippen molar-refractivity contribution in [3.05, 3.63) is 22.8 Å². The van der Waals surface area contributed by atoms with Crippen molar-refractivity contribution in [3.8, 4) is 0 Å². The molecule has 20 heavy (non-hydrogen) atoms. The quantitative estimate of drug-likeness (QED) is 0.919. The van der Waals surface area contributed by atoms with Crippen molar-refractivity contribution in [1.29, 1.82) is 0 Å². The number of pyridine rings is 1. The van der Waals surface area contributed by atoms with Gasteiger partial charge in [0.05, 0.1) is 5.02 Å². The number of nitrogens with one attached hydrogen (secondary N) is 1. The Bertz CT molecular complexity index is 473. The molecule has 0 radical (unpaired) electrons. The van der Waals surface area contributed by atoms with E-state index in [-0.39, 0.29) is 0 Å². The zero-order valence-electron chi connectivity index (χ0n) is 12.4. The Kier molecular flexibility index (Phi) is 4.18. The Morgan fingerprint density at radius 1 is 1.35 bits per heavy atom. The van der Waals surface area contributed by atoms with Gasteiger partial charge in [-0.1, -0.05) is 18.5 Å². The van der Waals surface area contributed by atoms with E-state index in [1.807, 2.05) is 6.20 Å². The largest absolute Gasteiger partial charge is 0.352 e. The summed E-state index contributed by atoms with van der Waals surface area (Å²) in [5.41, 5.74) is 1.18. The van der Waals surface area contributed by atoms with Crippen LogP contribution in [0.4, 0.5) is 5.82 Å². The Morgan fingerprint density at radius 2 is 2.15 bits per heavy atom. The van der Waals surface area contributed by atoms with Crippen LogP contribution in [0.3, 0.4) is 0 Å². The second-order valence-corrected chi connectivity index (χ2v) is 6.76. The molecule has 2 heterocycles. The molecule has 1 aromatic heterocycles. The van der Waals surface area contributed by atoms with Crippen LogP contribution in [0.15, 0.2) is 12.3 Å². The lowest BCUT2D eigenvalue weighted by Gasteiger charge is -2.39. The van der Waals surface area contributed by atoms with E-state index in [4.69, 9.17) is 11.6 Å². The molecule has 0 spiro atoms. The van der Waals surface area contributed by atoms with E-state index in [9.17, 15) is 0 Å². The van der Waals surface area contributed by atoms with Gasteiger partial charge < -0.3 is 10.2 Å². The molecule has 0 aromatic carbocycles. The van der Waals surface area contributed by atoms with E-state index in [2.05, 4.69) is 35.1 Å². The number of hydrogen-bond donors (Lipinski definition) is 1. The minimum atomic E-state index is 0.518. The summed E-state index contributed by atoms with van der Waals surface area (Å²) in [6, 6.07) is 3.31. The van der Waals surface area contributed by atoms with Crippen molar-refractivity contribution in [2.45, 2.75) is 58.2 Å². The first-order chi connectivity index (χ1) is 9.65. The molecule has 0 amide bonds. The molecule has 1 saturated carbocycles. The predicted molar refractivity (Wildman–Crippen MR) is 84.3 cm³/mol. The Morgan fingerprint density at radius 3 is 2.85 bits per heavy atom. The third-order valence-electron chi connectivity index (χ3n) is 4.70. The Labute approximate surface area is 126 Å². The number of nitrogens with zero attached hydrogens (tertiary/aromatic N) is 2. The summed E-state index contributed by atoms with van der Waals surface area (Å²) >= 11 is 6.47. The fourth-order valence-corrected chi connectivity index (χ4v) is 3.26. The van der Waals surface area contributed by atoms with Gasteiger partial charge in [0.2, 0.25) is 0 Å². The molecule has 1 aromatic rings. The molecule has 2 atom stereocenters. The van der Waals surface area contributed by atoms with Crippen molar-refractivity contribution in [1.82, 2.24) is 10.3 Å². The zero-order chi connectivity index (χ0) is 14.1. The van der Waals surface area contributed by atoms with Crippen LogP contribution in [0.1, 0.15) is 45.1 Å². The summed E-state index contributed by atoms with van der Waals surface area (Å²) in [6.45, 7) is 6.55. The summed E-state index contributed by atoms with van der Waals surface area (Å²) in [7, 11) is 0. The van der Waals surface area contributed by atoms with Gasteiger partial charge in [0.25, 0.3) is 0 Å². The number of halogens is 1. The fourth-order valence-electron chi connectivity index (χ4n) is 2.96. The minimum absolute atomic E-state index is 0.518. The van der Waals surface area contributed by atoms with Gasteiger partial charge in [0, 0.05) is 31.4 Å². The summed E-state index contributed by atoms with van der Waals surface area (Å²) in [4.78, 5) is 7.01. The molecule has 1 N–H and O–H groups in total. The number of rotatable bonds is 4. The molecule has 1 aliphatic carbocycles. The van der Waals surface area contributed by atoms with Gasteiger partial charge in [-0.3, -0.25) is 0 Å². The van der Waals surface area contributed by atoms with Gasteiger partial charge in [-0.05, 0) is 50.2 Å². The molecule has 2 unspecified atom stereocenters. The fraction of sp³-hybridized carbons (Fsp3) is 0.688. The molecule has 3 rings (SSSR count). The molecule has 2 aliphatic rings. The predicted octanol–water partition coefficient (Wildman–Crippen LogP) is 3.61. The molecule has 1 saturated heterocycles. The summed E-state index contributed by atoms with van der Waals surface area (Å²) in [6.07, 6.45) is 7.13. The first-order valence-corrected chi connectivity index (χ1v) is 8.17. The topological polar surface area (TPSA) is 28.2 Å². The second-order valence-electron chi connectivity index (χ2n) is 6.36. The van der Waals surface area contributed by atoms with Crippen molar-refractivity contribution < 1.29 is 0 Å². The number of anilines is 1. The average molecular weight is 294 g/mol. The van der Waals surface area contributed by atoms with Crippen molar-refractivity contribution in [3.63, 3.8) is 0 Å². The van der Waals surface area contributed by atoms with Gasteiger partial charge in [-0.2, -0.15) is 0 Å². The zero-order valence-corrected chi connectivity index (χ0v) is 13.2. The normalized spacial score (nSPS) is 26.9. The summed E-state index contributed by atoms with van der Waals surface area (Å²) < 4.78 is 0. The third-order valence-corrected chi connectivity index (χ3v) is 4.97. The van der Waals surface area contributed by atoms with Crippen LogP contribution < -0.4 is 10.2 Å². The lowest BCUT2D eigenvalue weighted by Crippen LogP contribution is -2.43. The van der Waals surface area contributed by atoms with Gasteiger partial charge in [0.15, 0.2) is 0 Å². The molecule has 4 heteroatoms. The molecular formula is C16H24ClN3. The lowest BCUT2D eigenvalue weighted by molar-refractivity contribution is 0.361. The van der Waals surface area contributed by atoms with Gasteiger partial charge in [0.1, 0.15) is 5.82 Å². The smallest absolute Gasteiger partial charge is 0.147 e. The highest BCUT2D eigenvalue weighted by Crippen LogP contribution is 2.32. The minimum Gasteiger partial charge on any atom is -0.352 e. The van der Waals surface area contributed by atoms with E-state index in [1.54, 1.807) is 0 Å². The molecule has 3 nitrogen and oxygen atoms in total. The van der Waals surface area contributed by atoms with Crippen LogP contribution in [-0.4, -0.2) is 23.6 Å². The summed E-state index contributed by atoms with van der Waals surface area (Å²) in [5.74, 6) is 1.67. The van der Waals surface area contributed by atoms with Crippen molar-refractivity contribution in [2.75, 3.05) is 11.4 Å². The molecular weight excluding hydrogens is 270 g/mol. The number of aromatic nitrogens is 1. The summed E-state index contributed by atoms with van der Waals surface area (Å²) in [5, 5.41) is 4.30. The van der Waals surface area contributed by atoms with Crippen LogP contribution in [0.25, 0.3) is 0 Å². The third kappa shape index (κ3) is 3.09. The van der Waals surface area contributed by atoms with E-state index < -0.39 is 0 Å². The maximum absolute atomic E-state index is 6.47. The first-order valence-electron chi connectivity index (χ1n) is 7.79. The molecule has 110 valence electrons. The van der Waals surface area contributed by atoms with E-state index in [0.717, 1.165) is 30.0 Å². The highest BCUT2D eigenvalue weighted by molar-refractivity contribution is 6.33. The highest BCUT2D eigenvalue weighted by atomic mass is 35.5. The molecule has 2 fully saturated rings. The number of hydrogen-bond acceptors (Lipinski definition) is 3.